The van der Waals surface area contributed by atoms with Gasteiger partial charge in [-0.05, 0) is 43.9 Å². The molecule has 2 heterocycles. The van der Waals surface area contributed by atoms with E-state index in [1.807, 2.05) is 12.1 Å². The van der Waals surface area contributed by atoms with Crippen molar-refractivity contribution in [3.8, 4) is 0 Å². The number of rotatable bonds is 2. The van der Waals surface area contributed by atoms with E-state index in [2.05, 4.69) is 17.9 Å². The van der Waals surface area contributed by atoms with Gasteiger partial charge in [-0.25, -0.2) is 0 Å². The molecule has 0 aromatic heterocycles. The number of aliphatic hydroxyl groups excluding tert-OH is 1. The minimum atomic E-state index is -1.06. The first kappa shape index (κ1) is 17.2. The summed E-state index contributed by atoms with van der Waals surface area (Å²) in [4.78, 5) is 2.35. The molecule has 0 bridgehead atoms. The van der Waals surface area contributed by atoms with Gasteiger partial charge in [-0.2, -0.15) is 0 Å². The van der Waals surface area contributed by atoms with Gasteiger partial charge in [0.15, 0.2) is 0 Å². The van der Waals surface area contributed by atoms with Gasteiger partial charge in [0.1, 0.15) is 6.10 Å². The van der Waals surface area contributed by atoms with Crippen molar-refractivity contribution in [2.24, 2.45) is 0 Å². The highest BCUT2D eigenvalue weighted by Gasteiger charge is 2.52. The van der Waals surface area contributed by atoms with Crippen molar-refractivity contribution in [1.29, 1.82) is 0 Å². The molecule has 5 heteroatoms. The van der Waals surface area contributed by atoms with Crippen LogP contribution in [0.5, 0.6) is 0 Å². The van der Waals surface area contributed by atoms with E-state index in [-0.39, 0.29) is 0 Å². The molecule has 128 valence electrons. The van der Waals surface area contributed by atoms with Crippen LogP contribution < -0.4 is 0 Å². The first-order chi connectivity index (χ1) is 10.8. The van der Waals surface area contributed by atoms with Gasteiger partial charge in [-0.1, -0.05) is 23.7 Å². The van der Waals surface area contributed by atoms with Gasteiger partial charge in [0.2, 0.25) is 0 Å². The maximum absolute atomic E-state index is 10.6. The van der Waals surface area contributed by atoms with Crippen LogP contribution in [-0.4, -0.2) is 52.1 Å². The predicted octanol–water partition coefficient (Wildman–Crippen LogP) is 2.52. The molecule has 4 nitrogen and oxygen atoms in total. The second kappa shape index (κ2) is 6.34. The number of hydrogen-bond acceptors (Lipinski definition) is 4. The fourth-order valence-electron chi connectivity index (χ4n) is 3.84. The average molecular weight is 340 g/mol. The summed E-state index contributed by atoms with van der Waals surface area (Å²) in [7, 11) is 0. The van der Waals surface area contributed by atoms with E-state index in [0.717, 1.165) is 37.5 Å². The molecule has 2 fully saturated rings. The van der Waals surface area contributed by atoms with Crippen LogP contribution in [0.25, 0.3) is 0 Å². The van der Waals surface area contributed by atoms with E-state index >= 15 is 0 Å². The number of halogens is 1. The van der Waals surface area contributed by atoms with Gasteiger partial charge in [0.25, 0.3) is 0 Å². The van der Waals surface area contributed by atoms with Crippen LogP contribution in [0.4, 0.5) is 0 Å². The Morgan fingerprint density at radius 1 is 1.30 bits per heavy atom. The number of nitrogens with zero attached hydrogens (tertiary/aromatic N) is 1. The molecule has 1 aromatic carbocycles. The van der Waals surface area contributed by atoms with Gasteiger partial charge in [-0.3, -0.25) is 4.90 Å². The van der Waals surface area contributed by atoms with Crippen molar-refractivity contribution in [1.82, 2.24) is 4.90 Å². The summed E-state index contributed by atoms with van der Waals surface area (Å²) >= 11 is 6.33. The van der Waals surface area contributed by atoms with Crippen molar-refractivity contribution in [3.63, 3.8) is 0 Å². The number of aryl methyl sites for hydroxylation is 1. The Morgan fingerprint density at radius 2 is 2.00 bits per heavy atom. The molecule has 23 heavy (non-hydrogen) atoms. The highest BCUT2D eigenvalue weighted by Crippen LogP contribution is 2.40. The number of benzene rings is 1. The van der Waals surface area contributed by atoms with Crippen LogP contribution in [0, 0.1) is 6.92 Å². The third-order valence-electron chi connectivity index (χ3n) is 5.52. The number of hydrogen-bond donors (Lipinski definition) is 2. The summed E-state index contributed by atoms with van der Waals surface area (Å²) < 4.78 is 5.94. The summed E-state index contributed by atoms with van der Waals surface area (Å²) in [6, 6.07) is 5.99. The van der Waals surface area contributed by atoms with Crippen LogP contribution in [0.15, 0.2) is 18.2 Å². The minimum Gasteiger partial charge on any atom is -0.387 e. The summed E-state index contributed by atoms with van der Waals surface area (Å²) in [5.41, 5.74) is 0.713. The molecular formula is C18H26ClNO3. The lowest BCUT2D eigenvalue weighted by Gasteiger charge is -2.51. The third kappa shape index (κ3) is 3.28. The predicted molar refractivity (Wildman–Crippen MR) is 90.6 cm³/mol. The lowest BCUT2D eigenvalue weighted by Crippen LogP contribution is -2.64. The molecule has 0 unspecified atom stereocenters. The molecule has 0 amide bonds. The molecule has 2 aliphatic heterocycles. The maximum atomic E-state index is 10.6. The van der Waals surface area contributed by atoms with Crippen LogP contribution in [0.2, 0.25) is 5.02 Å². The van der Waals surface area contributed by atoms with Gasteiger partial charge in [0.05, 0.1) is 17.8 Å². The standard InChI is InChI=1S/C18H26ClNO3/c1-13-4-3-5-15(19)14(13)12-20-9-6-18(7-10-20)16(21)17(2,22)8-11-23-18/h3-5,16,21-22H,6-12H2,1-2H3/t16-,17+/m0/s1. The SMILES string of the molecule is Cc1cccc(Cl)c1CN1CCC2(CC1)OCC[C@@](C)(O)[C@@H]2O. The van der Waals surface area contributed by atoms with E-state index in [9.17, 15) is 10.2 Å². The van der Waals surface area contributed by atoms with E-state index in [0.29, 0.717) is 13.0 Å². The second-order valence-electron chi connectivity index (χ2n) is 7.23. The van der Waals surface area contributed by atoms with Crippen molar-refractivity contribution in [3.05, 3.63) is 34.3 Å². The molecule has 0 radical (unpaired) electrons. The summed E-state index contributed by atoms with van der Waals surface area (Å²) in [6.45, 7) is 6.77. The van der Waals surface area contributed by atoms with Crippen molar-refractivity contribution in [2.45, 2.75) is 57.0 Å². The molecule has 0 aliphatic carbocycles. The molecule has 1 aromatic rings. The number of piperidine rings is 1. The lowest BCUT2D eigenvalue weighted by molar-refractivity contribution is -0.246. The van der Waals surface area contributed by atoms with Crippen molar-refractivity contribution >= 4 is 11.6 Å². The minimum absolute atomic E-state index is 0.485. The first-order valence-electron chi connectivity index (χ1n) is 8.35. The number of ether oxygens (including phenoxy) is 1. The Hall–Kier alpha value is -0.650. The van der Waals surface area contributed by atoms with Crippen LogP contribution in [0.1, 0.15) is 37.3 Å². The largest absolute Gasteiger partial charge is 0.387 e. The first-order valence-corrected chi connectivity index (χ1v) is 8.73. The molecule has 3 rings (SSSR count). The molecular weight excluding hydrogens is 314 g/mol. The van der Waals surface area contributed by atoms with Crippen molar-refractivity contribution in [2.75, 3.05) is 19.7 Å². The molecule has 2 atom stereocenters. The Balaban J connectivity index is 1.67. The fourth-order valence-corrected chi connectivity index (χ4v) is 4.12. The third-order valence-corrected chi connectivity index (χ3v) is 5.88. The highest BCUT2D eigenvalue weighted by molar-refractivity contribution is 6.31. The van der Waals surface area contributed by atoms with Gasteiger partial charge in [0, 0.05) is 31.1 Å². The smallest absolute Gasteiger partial charge is 0.111 e. The monoisotopic (exact) mass is 339 g/mol. The van der Waals surface area contributed by atoms with Crippen molar-refractivity contribution < 1.29 is 14.9 Å². The van der Waals surface area contributed by atoms with Crippen LogP contribution >= 0.6 is 11.6 Å². The lowest BCUT2D eigenvalue weighted by atomic mass is 9.75. The zero-order valence-electron chi connectivity index (χ0n) is 13.9. The Morgan fingerprint density at radius 3 is 2.65 bits per heavy atom. The van der Waals surface area contributed by atoms with E-state index in [1.54, 1.807) is 6.92 Å². The Kier molecular flexibility index (Phi) is 4.73. The molecule has 1 spiro atoms. The molecule has 2 N–H and O–H groups in total. The van der Waals surface area contributed by atoms with Crippen LogP contribution in [0.3, 0.4) is 0 Å². The Bertz CT molecular complexity index is 547. The zero-order valence-corrected chi connectivity index (χ0v) is 14.6. The fraction of sp³-hybridized carbons (Fsp3) is 0.667. The van der Waals surface area contributed by atoms with Crippen LogP contribution in [-0.2, 0) is 11.3 Å². The highest BCUT2D eigenvalue weighted by atomic mass is 35.5. The van der Waals surface area contributed by atoms with Gasteiger partial charge >= 0.3 is 0 Å². The summed E-state index contributed by atoms with van der Waals surface area (Å²) in [6.07, 6.45) is 1.12. The van der Waals surface area contributed by atoms with Gasteiger partial charge in [-0.15, -0.1) is 0 Å². The quantitative estimate of drug-likeness (QED) is 0.869. The summed E-state index contributed by atoms with van der Waals surface area (Å²) in [5, 5.41) is 21.7. The Labute approximate surface area is 143 Å². The molecule has 2 aliphatic rings. The zero-order chi connectivity index (χ0) is 16.7. The summed E-state index contributed by atoms with van der Waals surface area (Å²) in [5.74, 6) is 0. The number of aliphatic hydroxyl groups is 2. The van der Waals surface area contributed by atoms with E-state index in [1.165, 1.54) is 11.1 Å². The molecule has 2 saturated heterocycles. The number of likely N-dealkylation sites (tertiary alicyclic amines) is 1. The second-order valence-corrected chi connectivity index (χ2v) is 7.64. The van der Waals surface area contributed by atoms with Gasteiger partial charge < -0.3 is 14.9 Å². The van der Waals surface area contributed by atoms with E-state index in [4.69, 9.17) is 16.3 Å². The van der Waals surface area contributed by atoms with E-state index < -0.39 is 17.3 Å². The topological polar surface area (TPSA) is 52.9 Å². The maximum Gasteiger partial charge on any atom is 0.111 e. The normalized spacial score (nSPS) is 31.4. The molecule has 0 saturated carbocycles. The average Bonchev–Trinajstić information content (AvgIpc) is 2.51.